The van der Waals surface area contributed by atoms with E-state index in [1.54, 1.807) is 6.92 Å². The fraction of sp³-hybridized carbons (Fsp3) is 0.400. The summed E-state index contributed by atoms with van der Waals surface area (Å²) in [6, 6.07) is 23.7. The van der Waals surface area contributed by atoms with Gasteiger partial charge in [0.05, 0.1) is 12.5 Å². The largest absolute Gasteiger partial charge is 0.479 e. The highest BCUT2D eigenvalue weighted by atomic mass is 16.5. The number of benzene rings is 3. The molecule has 0 saturated carbocycles. The lowest BCUT2D eigenvalue weighted by atomic mass is 9.81. The summed E-state index contributed by atoms with van der Waals surface area (Å²) in [6.45, 7) is 6.18. The molecule has 1 atom stereocenters. The van der Waals surface area contributed by atoms with Crippen LogP contribution < -0.4 is 11.1 Å². The maximum Gasteiger partial charge on any atom is 0.330 e. The van der Waals surface area contributed by atoms with Crippen molar-refractivity contribution in [1.29, 1.82) is 0 Å². The van der Waals surface area contributed by atoms with Crippen LogP contribution in [0.3, 0.4) is 0 Å². The first kappa shape index (κ1) is 31.0. The molecule has 3 aromatic carbocycles. The van der Waals surface area contributed by atoms with Gasteiger partial charge in [0.1, 0.15) is 11.1 Å². The highest BCUT2D eigenvalue weighted by Crippen LogP contribution is 2.35. The SMILES string of the molecule is CC.CCOC(=O)C1(N)Cc2ccccc2C1.O=C(NC1(C(=O)O)Cc2ccccc2C1)[C@H]1CCCc2ccccc21. The lowest BCUT2D eigenvalue weighted by molar-refractivity contribution is -0.149. The zero-order chi connectivity index (χ0) is 30.3. The maximum absolute atomic E-state index is 13.0. The predicted molar refractivity (Wildman–Crippen MR) is 163 cm³/mol. The molecule has 0 radical (unpaired) electrons. The van der Waals surface area contributed by atoms with Crippen molar-refractivity contribution in [2.45, 2.75) is 82.7 Å². The molecule has 0 aromatic heterocycles. The van der Waals surface area contributed by atoms with Gasteiger partial charge in [0.25, 0.3) is 0 Å². The number of nitrogens with one attached hydrogen (secondary N) is 1. The molecule has 7 nitrogen and oxygen atoms in total. The van der Waals surface area contributed by atoms with E-state index in [9.17, 15) is 19.5 Å². The quantitative estimate of drug-likeness (QED) is 0.375. The number of nitrogens with two attached hydrogens (primary N) is 1. The first-order chi connectivity index (χ1) is 20.2. The van der Waals surface area contributed by atoms with Gasteiger partial charge in [-0.05, 0) is 59.6 Å². The molecule has 42 heavy (non-hydrogen) atoms. The van der Waals surface area contributed by atoms with E-state index in [1.165, 1.54) is 5.56 Å². The lowest BCUT2D eigenvalue weighted by Crippen LogP contribution is -2.56. The van der Waals surface area contributed by atoms with Gasteiger partial charge in [-0.25, -0.2) is 4.79 Å². The minimum Gasteiger partial charge on any atom is -0.479 e. The van der Waals surface area contributed by atoms with Gasteiger partial charge in [-0.3, -0.25) is 9.59 Å². The lowest BCUT2D eigenvalue weighted by Gasteiger charge is -2.30. The van der Waals surface area contributed by atoms with Crippen molar-refractivity contribution in [3.05, 3.63) is 106 Å². The number of carbonyl (C=O) groups excluding carboxylic acids is 2. The third-order valence-electron chi connectivity index (χ3n) is 8.37. The number of aryl methyl sites for hydroxylation is 1. The summed E-state index contributed by atoms with van der Waals surface area (Å²) in [5, 5.41) is 12.8. The van der Waals surface area contributed by atoms with Crippen LogP contribution in [-0.2, 0) is 51.2 Å². The van der Waals surface area contributed by atoms with Gasteiger partial charge in [-0.15, -0.1) is 0 Å². The number of hydrogen-bond acceptors (Lipinski definition) is 5. The predicted octanol–water partition coefficient (Wildman–Crippen LogP) is 4.92. The van der Waals surface area contributed by atoms with Gasteiger partial charge in [0, 0.05) is 25.7 Å². The van der Waals surface area contributed by atoms with Crippen molar-refractivity contribution in [2.75, 3.05) is 6.61 Å². The number of carbonyl (C=O) groups is 3. The molecule has 1 amide bonds. The number of ether oxygens (including phenoxy) is 1. The Hall–Kier alpha value is -3.97. The van der Waals surface area contributed by atoms with Crippen molar-refractivity contribution in [3.8, 4) is 0 Å². The topological polar surface area (TPSA) is 119 Å². The molecular formula is C35H42N2O5. The van der Waals surface area contributed by atoms with Crippen LogP contribution in [-0.4, -0.2) is 40.6 Å². The van der Waals surface area contributed by atoms with Crippen LogP contribution in [0.1, 0.15) is 72.9 Å². The van der Waals surface area contributed by atoms with Crippen LogP contribution in [0.15, 0.2) is 72.8 Å². The minimum absolute atomic E-state index is 0.164. The van der Waals surface area contributed by atoms with Gasteiger partial charge in [-0.2, -0.15) is 0 Å². The summed E-state index contributed by atoms with van der Waals surface area (Å²) in [4.78, 5) is 36.7. The summed E-state index contributed by atoms with van der Waals surface area (Å²) in [6.07, 6.45) is 4.57. The highest BCUT2D eigenvalue weighted by molar-refractivity contribution is 5.92. The standard InChI is InChI=1S/C21H21NO3.C12H15NO2.C2H6/c23-19(18-11-5-9-14-6-3-4-10-17(14)18)22-21(20(24)25)12-15-7-1-2-8-16(15)13-21;1-2-15-11(14)12(13)7-9-5-3-4-6-10(9)8-12;1-2/h1-4,6-8,10,18H,5,9,11-13H2,(H,22,23)(H,24,25);3-6H,2,7-8,13H2,1H3;1-2H3/t18-;;/m0../s1. The van der Waals surface area contributed by atoms with Crippen molar-refractivity contribution < 1.29 is 24.2 Å². The van der Waals surface area contributed by atoms with Gasteiger partial charge in [-0.1, -0.05) is 86.6 Å². The van der Waals surface area contributed by atoms with Crippen LogP contribution in [0.25, 0.3) is 0 Å². The number of amides is 1. The van der Waals surface area contributed by atoms with Crippen molar-refractivity contribution in [1.82, 2.24) is 5.32 Å². The Balaban J connectivity index is 0.000000204. The van der Waals surface area contributed by atoms with E-state index in [1.807, 2.05) is 80.6 Å². The molecule has 4 N–H and O–H groups in total. The van der Waals surface area contributed by atoms with Crippen molar-refractivity contribution in [2.24, 2.45) is 5.73 Å². The first-order valence-corrected chi connectivity index (χ1v) is 15.0. The van der Waals surface area contributed by atoms with E-state index in [-0.39, 0.29) is 17.8 Å². The number of aliphatic carboxylic acids is 1. The number of esters is 1. The van der Waals surface area contributed by atoms with E-state index in [0.29, 0.717) is 32.3 Å². The molecule has 222 valence electrons. The summed E-state index contributed by atoms with van der Waals surface area (Å²) in [7, 11) is 0. The van der Waals surface area contributed by atoms with Crippen LogP contribution in [0.4, 0.5) is 0 Å². The van der Waals surface area contributed by atoms with Crippen LogP contribution in [0.2, 0.25) is 0 Å². The van der Waals surface area contributed by atoms with E-state index in [2.05, 4.69) is 11.4 Å². The molecule has 3 aliphatic carbocycles. The smallest absolute Gasteiger partial charge is 0.330 e. The summed E-state index contributed by atoms with van der Waals surface area (Å²) < 4.78 is 5.00. The molecule has 0 spiro atoms. The maximum atomic E-state index is 13.0. The monoisotopic (exact) mass is 570 g/mol. The molecular weight excluding hydrogens is 528 g/mol. The Kier molecular flexibility index (Phi) is 9.84. The number of carboxylic acids is 1. The molecule has 0 bridgehead atoms. The second-order valence-corrected chi connectivity index (χ2v) is 11.1. The Bertz CT molecular complexity index is 1380. The van der Waals surface area contributed by atoms with Crippen LogP contribution in [0, 0.1) is 0 Å². The third kappa shape index (κ3) is 6.41. The summed E-state index contributed by atoms with van der Waals surface area (Å²) in [5.74, 6) is -1.67. The molecule has 7 heteroatoms. The van der Waals surface area contributed by atoms with Crippen LogP contribution >= 0.6 is 0 Å². The zero-order valence-electron chi connectivity index (χ0n) is 24.8. The summed E-state index contributed by atoms with van der Waals surface area (Å²) in [5.41, 5.74) is 10.6. The van der Waals surface area contributed by atoms with Gasteiger partial charge in [0.2, 0.25) is 5.91 Å². The molecule has 0 heterocycles. The Morgan fingerprint density at radius 2 is 1.31 bits per heavy atom. The number of fused-ring (bicyclic) bond motifs is 3. The van der Waals surface area contributed by atoms with E-state index in [4.69, 9.17) is 10.5 Å². The van der Waals surface area contributed by atoms with E-state index >= 15 is 0 Å². The average Bonchev–Trinajstić information content (AvgIpc) is 3.56. The Morgan fingerprint density at radius 3 is 1.81 bits per heavy atom. The van der Waals surface area contributed by atoms with Gasteiger partial charge < -0.3 is 20.9 Å². The van der Waals surface area contributed by atoms with Crippen molar-refractivity contribution >= 4 is 17.8 Å². The highest BCUT2D eigenvalue weighted by Gasteiger charge is 2.46. The van der Waals surface area contributed by atoms with Crippen molar-refractivity contribution in [3.63, 3.8) is 0 Å². The Labute approximate surface area is 248 Å². The number of carboxylic acid groups (broad SMARTS) is 1. The molecule has 0 fully saturated rings. The van der Waals surface area contributed by atoms with E-state index in [0.717, 1.165) is 47.1 Å². The molecule has 0 unspecified atom stereocenters. The van der Waals surface area contributed by atoms with Crippen LogP contribution in [0.5, 0.6) is 0 Å². The fourth-order valence-electron chi connectivity index (χ4n) is 6.32. The molecule has 0 saturated heterocycles. The number of hydrogen-bond donors (Lipinski definition) is 3. The zero-order valence-corrected chi connectivity index (χ0v) is 24.8. The molecule has 3 aromatic rings. The molecule has 6 rings (SSSR count). The fourth-order valence-corrected chi connectivity index (χ4v) is 6.32. The second kappa shape index (κ2) is 13.3. The molecule has 3 aliphatic rings. The normalized spacial score (nSPS) is 18.4. The van der Waals surface area contributed by atoms with Gasteiger partial charge in [0.15, 0.2) is 0 Å². The first-order valence-electron chi connectivity index (χ1n) is 15.0. The van der Waals surface area contributed by atoms with Gasteiger partial charge >= 0.3 is 11.9 Å². The second-order valence-electron chi connectivity index (χ2n) is 11.1. The Morgan fingerprint density at radius 1 is 0.833 bits per heavy atom. The van der Waals surface area contributed by atoms with E-state index < -0.39 is 17.0 Å². The minimum atomic E-state index is -1.23. The number of rotatable bonds is 5. The summed E-state index contributed by atoms with van der Waals surface area (Å²) >= 11 is 0. The average molecular weight is 571 g/mol. The molecule has 0 aliphatic heterocycles. The third-order valence-corrected chi connectivity index (χ3v) is 8.37.